The molecule has 9 heteroatoms. The molecular weight excluding hydrogens is 594 g/mol. The molecular formula is C38H39N3O6. The highest BCUT2D eigenvalue weighted by atomic mass is 16.6. The summed E-state index contributed by atoms with van der Waals surface area (Å²) < 4.78 is 12.1. The van der Waals surface area contributed by atoms with Crippen LogP contribution in [0.4, 0.5) is 4.79 Å². The smallest absolute Gasteiger partial charge is 0.408 e. The Kier molecular flexibility index (Phi) is 10.1. The molecule has 3 aliphatic rings. The lowest BCUT2D eigenvalue weighted by atomic mass is 9.86. The topological polar surface area (TPSA) is 117 Å². The molecule has 47 heavy (non-hydrogen) atoms. The average molecular weight is 634 g/mol. The van der Waals surface area contributed by atoms with Crippen molar-refractivity contribution in [2.45, 2.75) is 44.1 Å². The Balaban J connectivity index is 1.07. The Morgan fingerprint density at radius 1 is 0.787 bits per heavy atom. The molecule has 3 atom stereocenters. The molecule has 4 aromatic carbocycles. The third-order valence-corrected chi connectivity index (χ3v) is 8.95. The summed E-state index contributed by atoms with van der Waals surface area (Å²) in [4.78, 5) is 40.1. The first kappa shape index (κ1) is 31.8. The number of alkyl carbamates (subject to hydrolysis) is 1. The summed E-state index contributed by atoms with van der Waals surface area (Å²) >= 11 is 0. The number of ether oxygens (including phenoxy) is 2. The lowest BCUT2D eigenvalue weighted by Gasteiger charge is -2.43. The standard InChI is InChI=1S/C38H39N3O6/c42-36(39-33(37(43)44)22-26-8-3-1-4-9-26)30-16-14-27(15-17-30)25-46-32-13-7-12-31(23-32)35(29-10-5-2-6-11-29)40-38(45)47-34-24-41-20-18-28(34)19-21-41/h1-17,23,28,33-35H,18-22,24-25H2,(H,39,42)(H,40,45)(H,43,44). The van der Waals surface area contributed by atoms with E-state index in [-0.39, 0.29) is 19.1 Å². The average Bonchev–Trinajstić information content (AvgIpc) is 3.11. The van der Waals surface area contributed by atoms with Crippen LogP contribution in [-0.2, 0) is 22.6 Å². The van der Waals surface area contributed by atoms with Crippen molar-refractivity contribution in [1.82, 2.24) is 15.5 Å². The zero-order valence-electron chi connectivity index (χ0n) is 26.1. The fraction of sp³-hybridized carbons (Fsp3) is 0.289. The van der Waals surface area contributed by atoms with Gasteiger partial charge < -0.3 is 25.2 Å². The highest BCUT2D eigenvalue weighted by Crippen LogP contribution is 2.31. The predicted octanol–water partition coefficient (Wildman–Crippen LogP) is 5.60. The van der Waals surface area contributed by atoms with Crippen LogP contribution in [0.25, 0.3) is 0 Å². The number of nitrogens with zero attached hydrogens (tertiary/aromatic N) is 1. The number of fused-ring (bicyclic) bond motifs is 3. The molecule has 0 radical (unpaired) electrons. The summed E-state index contributed by atoms with van der Waals surface area (Å²) in [5, 5.41) is 15.4. The molecule has 3 heterocycles. The number of aliphatic carboxylic acids is 1. The number of benzene rings is 4. The Morgan fingerprint density at radius 2 is 1.47 bits per heavy atom. The summed E-state index contributed by atoms with van der Waals surface area (Å²) in [5.41, 5.74) is 3.81. The number of amides is 2. The van der Waals surface area contributed by atoms with E-state index in [0.717, 1.165) is 54.7 Å². The molecule has 242 valence electrons. The van der Waals surface area contributed by atoms with Crippen molar-refractivity contribution >= 4 is 18.0 Å². The second kappa shape index (κ2) is 15.0. The van der Waals surface area contributed by atoms with Gasteiger partial charge in [-0.3, -0.25) is 9.69 Å². The highest BCUT2D eigenvalue weighted by molar-refractivity contribution is 5.96. The van der Waals surface area contributed by atoms with Crippen LogP contribution in [0, 0.1) is 5.92 Å². The van der Waals surface area contributed by atoms with Crippen LogP contribution in [0.1, 0.15) is 51.5 Å². The summed E-state index contributed by atoms with van der Waals surface area (Å²) in [5.74, 6) is -0.504. The van der Waals surface area contributed by atoms with Gasteiger partial charge in [0.2, 0.25) is 0 Å². The van der Waals surface area contributed by atoms with Gasteiger partial charge in [-0.05, 0) is 78.4 Å². The van der Waals surface area contributed by atoms with E-state index in [4.69, 9.17) is 9.47 Å². The number of hydrogen-bond donors (Lipinski definition) is 3. The van der Waals surface area contributed by atoms with Crippen LogP contribution in [0.3, 0.4) is 0 Å². The molecule has 4 aromatic rings. The maximum atomic E-state index is 13.1. The van der Waals surface area contributed by atoms with Crippen molar-refractivity contribution in [3.63, 3.8) is 0 Å². The number of carboxylic acids is 1. The second-order valence-corrected chi connectivity index (χ2v) is 12.2. The van der Waals surface area contributed by atoms with Crippen LogP contribution in [0.15, 0.2) is 109 Å². The minimum atomic E-state index is -1.09. The van der Waals surface area contributed by atoms with Crippen molar-refractivity contribution < 1.29 is 29.0 Å². The van der Waals surface area contributed by atoms with Crippen LogP contribution in [-0.4, -0.2) is 59.8 Å². The molecule has 3 aliphatic heterocycles. The largest absolute Gasteiger partial charge is 0.489 e. The van der Waals surface area contributed by atoms with Gasteiger partial charge in [0.15, 0.2) is 0 Å². The monoisotopic (exact) mass is 633 g/mol. The van der Waals surface area contributed by atoms with E-state index in [1.54, 1.807) is 24.3 Å². The van der Waals surface area contributed by atoms with Gasteiger partial charge in [0, 0.05) is 18.5 Å². The first-order valence-electron chi connectivity index (χ1n) is 16.0. The number of hydrogen-bond acceptors (Lipinski definition) is 6. The molecule has 3 unspecified atom stereocenters. The Bertz CT molecular complexity index is 1660. The fourth-order valence-electron chi connectivity index (χ4n) is 6.33. The summed E-state index contributed by atoms with van der Waals surface area (Å²) in [6.07, 6.45) is 1.80. The molecule has 2 amide bonds. The van der Waals surface area contributed by atoms with Crippen molar-refractivity contribution in [2.24, 2.45) is 5.92 Å². The van der Waals surface area contributed by atoms with E-state index in [1.807, 2.05) is 84.9 Å². The molecule has 9 nitrogen and oxygen atoms in total. The molecule has 2 bridgehead atoms. The van der Waals surface area contributed by atoms with Crippen molar-refractivity contribution in [3.05, 3.63) is 137 Å². The third kappa shape index (κ3) is 8.37. The summed E-state index contributed by atoms with van der Waals surface area (Å²) in [7, 11) is 0. The van der Waals surface area contributed by atoms with Crippen LogP contribution < -0.4 is 15.4 Å². The van der Waals surface area contributed by atoms with E-state index in [0.29, 0.717) is 17.2 Å². The highest BCUT2D eigenvalue weighted by Gasteiger charge is 2.37. The van der Waals surface area contributed by atoms with Crippen molar-refractivity contribution in [3.8, 4) is 5.75 Å². The molecule has 3 N–H and O–H groups in total. The maximum Gasteiger partial charge on any atom is 0.408 e. The number of piperidine rings is 3. The summed E-state index contributed by atoms with van der Waals surface area (Å²) in [6.45, 7) is 3.20. The van der Waals surface area contributed by atoms with Gasteiger partial charge in [-0.2, -0.15) is 0 Å². The predicted molar refractivity (Wildman–Crippen MR) is 177 cm³/mol. The zero-order chi connectivity index (χ0) is 32.6. The zero-order valence-corrected chi connectivity index (χ0v) is 26.1. The van der Waals surface area contributed by atoms with Crippen LogP contribution in [0.5, 0.6) is 5.75 Å². The normalized spacial score (nSPS) is 19.6. The molecule has 7 rings (SSSR count). The SMILES string of the molecule is O=C(NC(c1ccccc1)c1cccc(OCc2ccc(C(=O)NC(Cc3ccccc3)C(=O)O)cc2)c1)OC1CN2CCC1CC2. The van der Waals surface area contributed by atoms with Gasteiger partial charge in [0.05, 0.1) is 6.04 Å². The minimum absolute atomic E-state index is 0.0889. The van der Waals surface area contributed by atoms with Crippen molar-refractivity contribution in [2.75, 3.05) is 19.6 Å². The molecule has 0 aliphatic carbocycles. The van der Waals surface area contributed by atoms with Crippen LogP contribution >= 0.6 is 0 Å². The number of nitrogens with one attached hydrogen (secondary N) is 2. The Hall–Kier alpha value is -5.15. The first-order valence-corrected chi connectivity index (χ1v) is 16.0. The Labute approximate surface area is 274 Å². The second-order valence-electron chi connectivity index (χ2n) is 12.2. The lowest BCUT2D eigenvalue weighted by molar-refractivity contribution is -0.139. The molecule has 0 aromatic heterocycles. The van der Waals surface area contributed by atoms with E-state index in [2.05, 4.69) is 15.5 Å². The van der Waals surface area contributed by atoms with Gasteiger partial charge in [0.25, 0.3) is 5.91 Å². The molecule has 3 fully saturated rings. The van der Waals surface area contributed by atoms with E-state index < -0.39 is 30.1 Å². The van der Waals surface area contributed by atoms with Gasteiger partial charge in [0.1, 0.15) is 24.5 Å². The lowest BCUT2D eigenvalue weighted by Crippen LogP contribution is -2.52. The van der Waals surface area contributed by atoms with E-state index in [1.165, 1.54) is 0 Å². The summed E-state index contributed by atoms with van der Waals surface area (Å²) in [6, 6.07) is 32.0. The van der Waals surface area contributed by atoms with Crippen molar-refractivity contribution in [1.29, 1.82) is 0 Å². The number of carboxylic acid groups (broad SMARTS) is 1. The van der Waals surface area contributed by atoms with Crippen LogP contribution in [0.2, 0.25) is 0 Å². The van der Waals surface area contributed by atoms with Gasteiger partial charge in [-0.15, -0.1) is 0 Å². The fourth-order valence-corrected chi connectivity index (χ4v) is 6.33. The molecule has 0 saturated carbocycles. The number of carbonyl (C=O) groups excluding carboxylic acids is 2. The minimum Gasteiger partial charge on any atom is -0.489 e. The first-order chi connectivity index (χ1) is 22.9. The molecule has 3 saturated heterocycles. The van der Waals surface area contributed by atoms with Gasteiger partial charge >= 0.3 is 12.1 Å². The van der Waals surface area contributed by atoms with Gasteiger partial charge in [-0.1, -0.05) is 84.9 Å². The maximum absolute atomic E-state index is 13.1. The molecule has 0 spiro atoms. The number of rotatable bonds is 12. The quantitative estimate of drug-likeness (QED) is 0.186. The van der Waals surface area contributed by atoms with E-state index >= 15 is 0 Å². The third-order valence-electron chi connectivity index (χ3n) is 8.95. The number of carbonyl (C=O) groups is 3. The van der Waals surface area contributed by atoms with Gasteiger partial charge in [-0.25, -0.2) is 9.59 Å². The Morgan fingerprint density at radius 3 is 2.13 bits per heavy atom. The van der Waals surface area contributed by atoms with E-state index in [9.17, 15) is 19.5 Å².